The zero-order valence-corrected chi connectivity index (χ0v) is 23.3. The highest BCUT2D eigenvalue weighted by atomic mass is 16.2. The van der Waals surface area contributed by atoms with E-state index in [1.807, 2.05) is 0 Å². The quantitative estimate of drug-likeness (QED) is 0.136. The Bertz CT molecular complexity index is 599. The van der Waals surface area contributed by atoms with Gasteiger partial charge in [0.2, 0.25) is 11.8 Å². The van der Waals surface area contributed by atoms with Crippen LogP contribution in [-0.2, 0) is 14.4 Å². The second-order valence-electron chi connectivity index (χ2n) is 10.9. The first kappa shape index (κ1) is 32.6. The van der Waals surface area contributed by atoms with Crippen molar-refractivity contribution in [3.05, 3.63) is 0 Å². The first-order chi connectivity index (χ1) is 17.5. The molecule has 0 aromatic rings. The molecule has 0 radical (unpaired) electrons. The number of nitrogens with two attached hydrogens (primary N) is 1. The Labute approximate surface area is 220 Å². The molecular formula is C29H57N4O3+. The van der Waals surface area contributed by atoms with Crippen molar-refractivity contribution in [1.29, 1.82) is 0 Å². The lowest BCUT2D eigenvalue weighted by molar-refractivity contribution is -0.308. The Morgan fingerprint density at radius 3 is 1.97 bits per heavy atom. The number of hydrogen-bond acceptors (Lipinski definition) is 4. The molecule has 0 saturated heterocycles. The Balaban J connectivity index is 1.93. The highest BCUT2D eigenvalue weighted by Gasteiger charge is 2.43. The summed E-state index contributed by atoms with van der Waals surface area (Å²) in [6.45, 7) is 3.54. The van der Waals surface area contributed by atoms with Gasteiger partial charge in [-0.15, -0.1) is 0 Å². The molecule has 1 saturated carbocycles. The van der Waals surface area contributed by atoms with Crippen molar-refractivity contribution < 1.29 is 20.1 Å². The zero-order chi connectivity index (χ0) is 26.4. The SMILES string of the molecule is CCCCCCCCCCCCCCCC(=O)NCCCC1CC1C(=O)N[C@@H](CCCCN)C([NH3+])=O. The van der Waals surface area contributed by atoms with E-state index in [-0.39, 0.29) is 23.6 Å². The minimum absolute atomic E-state index is 0.00264. The van der Waals surface area contributed by atoms with Crippen LogP contribution in [0.5, 0.6) is 0 Å². The minimum atomic E-state index is -0.491. The molecule has 0 aromatic carbocycles. The number of unbranched alkanes of at least 4 members (excludes halogenated alkanes) is 13. The van der Waals surface area contributed by atoms with E-state index in [1.165, 1.54) is 70.6 Å². The van der Waals surface area contributed by atoms with Crippen LogP contribution in [0.2, 0.25) is 0 Å². The molecule has 0 aliphatic heterocycles. The fraction of sp³-hybridized carbons (Fsp3) is 0.897. The lowest BCUT2D eigenvalue weighted by Gasteiger charge is -2.13. The van der Waals surface area contributed by atoms with Crippen LogP contribution in [0, 0.1) is 11.8 Å². The summed E-state index contributed by atoms with van der Waals surface area (Å²) < 4.78 is 0. The standard InChI is InChI=1S/C29H56N4O3/c1-2-3-4-5-6-7-8-9-10-11-12-13-14-20-27(34)32-22-17-18-24-23-25(24)29(36)33-26(28(31)35)19-15-16-21-30/h24-26H,2-23,30H2,1H3,(H2,31,35)(H,32,34)(H,33,36)/p+1/t24?,25?,26-/m0/s1. The Kier molecular flexibility index (Phi) is 19.5. The third-order valence-corrected chi connectivity index (χ3v) is 7.49. The summed E-state index contributed by atoms with van der Waals surface area (Å²) in [6, 6.07) is -0.491. The molecule has 210 valence electrons. The topological polar surface area (TPSA) is 129 Å². The number of amides is 3. The van der Waals surface area contributed by atoms with Gasteiger partial charge in [0.1, 0.15) is 6.04 Å². The highest BCUT2D eigenvalue weighted by Crippen LogP contribution is 2.42. The summed E-state index contributed by atoms with van der Waals surface area (Å²) in [5.74, 6) is 0.262. The van der Waals surface area contributed by atoms with E-state index in [0.29, 0.717) is 31.8 Å². The van der Waals surface area contributed by atoms with Crippen molar-refractivity contribution in [2.45, 2.75) is 141 Å². The minimum Gasteiger partial charge on any atom is -0.356 e. The number of rotatable bonds is 25. The average Bonchev–Trinajstić information content (AvgIpc) is 3.64. The fourth-order valence-electron chi connectivity index (χ4n) is 4.96. The van der Waals surface area contributed by atoms with Crippen molar-refractivity contribution >= 4 is 17.7 Å². The molecule has 3 amide bonds. The van der Waals surface area contributed by atoms with Gasteiger partial charge in [-0.3, -0.25) is 15.3 Å². The second kappa shape index (κ2) is 21.6. The van der Waals surface area contributed by atoms with E-state index in [2.05, 4.69) is 23.3 Å². The lowest BCUT2D eigenvalue weighted by Crippen LogP contribution is -2.66. The van der Waals surface area contributed by atoms with Crippen LogP contribution in [0.15, 0.2) is 0 Å². The van der Waals surface area contributed by atoms with E-state index in [0.717, 1.165) is 44.9 Å². The maximum Gasteiger partial charge on any atom is 0.331 e. The summed E-state index contributed by atoms with van der Waals surface area (Å²) in [7, 11) is 0. The summed E-state index contributed by atoms with van der Waals surface area (Å²) >= 11 is 0. The van der Waals surface area contributed by atoms with Crippen LogP contribution >= 0.6 is 0 Å². The molecule has 0 spiro atoms. The van der Waals surface area contributed by atoms with Gasteiger partial charge >= 0.3 is 5.91 Å². The second-order valence-corrected chi connectivity index (χ2v) is 10.9. The normalized spacial score (nSPS) is 17.5. The average molecular weight is 510 g/mol. The van der Waals surface area contributed by atoms with Gasteiger partial charge in [-0.2, -0.15) is 0 Å². The van der Waals surface area contributed by atoms with Gasteiger partial charge in [-0.05, 0) is 57.4 Å². The number of carbonyl (C=O) groups is 3. The molecule has 7 heteroatoms. The summed E-state index contributed by atoms with van der Waals surface area (Å²) in [6.07, 6.45) is 22.7. The first-order valence-electron chi connectivity index (χ1n) is 15.1. The van der Waals surface area contributed by atoms with E-state index in [4.69, 9.17) is 5.73 Å². The summed E-state index contributed by atoms with van der Waals surface area (Å²) in [4.78, 5) is 36.2. The molecule has 7 nitrogen and oxygen atoms in total. The van der Waals surface area contributed by atoms with Crippen molar-refractivity contribution in [3.8, 4) is 0 Å². The molecular weight excluding hydrogens is 452 g/mol. The van der Waals surface area contributed by atoms with Gasteiger partial charge in [0, 0.05) is 18.9 Å². The smallest absolute Gasteiger partial charge is 0.331 e. The highest BCUT2D eigenvalue weighted by molar-refractivity contribution is 5.86. The van der Waals surface area contributed by atoms with Crippen LogP contribution < -0.4 is 22.1 Å². The molecule has 1 aliphatic carbocycles. The molecule has 0 heterocycles. The van der Waals surface area contributed by atoms with Gasteiger partial charge in [0.05, 0.1) is 0 Å². The maximum atomic E-state index is 12.4. The first-order valence-corrected chi connectivity index (χ1v) is 15.1. The largest absolute Gasteiger partial charge is 0.356 e. The van der Waals surface area contributed by atoms with Gasteiger partial charge < -0.3 is 16.4 Å². The molecule has 7 N–H and O–H groups in total. The summed E-state index contributed by atoms with van der Waals surface area (Å²) in [5.41, 5.74) is 8.98. The molecule has 1 rings (SSSR count). The van der Waals surface area contributed by atoms with Crippen LogP contribution in [0.4, 0.5) is 0 Å². The van der Waals surface area contributed by atoms with E-state index in [1.54, 1.807) is 0 Å². The lowest BCUT2D eigenvalue weighted by atomic mass is 10.0. The molecule has 2 unspecified atom stereocenters. The number of hydrogen-bond donors (Lipinski definition) is 4. The third-order valence-electron chi connectivity index (χ3n) is 7.49. The van der Waals surface area contributed by atoms with Gasteiger partial charge in [0.25, 0.3) is 0 Å². The van der Waals surface area contributed by atoms with Crippen LogP contribution in [0.1, 0.15) is 135 Å². The Morgan fingerprint density at radius 1 is 0.833 bits per heavy atom. The summed E-state index contributed by atoms with van der Waals surface area (Å²) in [5, 5.41) is 5.90. The molecule has 0 bridgehead atoms. The van der Waals surface area contributed by atoms with E-state index in [9.17, 15) is 14.4 Å². The number of nitrogens with one attached hydrogen (secondary N) is 2. The maximum absolute atomic E-state index is 12.4. The molecule has 36 heavy (non-hydrogen) atoms. The van der Waals surface area contributed by atoms with E-state index < -0.39 is 6.04 Å². The van der Waals surface area contributed by atoms with Crippen molar-refractivity contribution in [2.75, 3.05) is 13.1 Å². The fourth-order valence-corrected chi connectivity index (χ4v) is 4.96. The van der Waals surface area contributed by atoms with Gasteiger partial charge in [0.15, 0.2) is 0 Å². The molecule has 1 fully saturated rings. The Hall–Kier alpha value is -1.47. The number of carbonyl (C=O) groups excluding carboxylic acids is 3. The monoisotopic (exact) mass is 509 g/mol. The predicted molar refractivity (Wildman–Crippen MR) is 147 cm³/mol. The van der Waals surface area contributed by atoms with E-state index >= 15 is 0 Å². The molecule has 3 atom stereocenters. The predicted octanol–water partition coefficient (Wildman–Crippen LogP) is 4.38. The van der Waals surface area contributed by atoms with Crippen molar-refractivity contribution in [1.82, 2.24) is 10.6 Å². The van der Waals surface area contributed by atoms with Gasteiger partial charge in [-0.1, -0.05) is 84.0 Å². The zero-order valence-electron chi connectivity index (χ0n) is 23.3. The molecule has 0 aromatic heterocycles. The Morgan fingerprint density at radius 2 is 1.42 bits per heavy atom. The van der Waals surface area contributed by atoms with Gasteiger partial charge in [-0.25, -0.2) is 4.79 Å². The number of quaternary nitrogens is 1. The third kappa shape index (κ3) is 17.1. The van der Waals surface area contributed by atoms with Crippen LogP contribution in [0.3, 0.4) is 0 Å². The van der Waals surface area contributed by atoms with Crippen LogP contribution in [0.25, 0.3) is 0 Å². The van der Waals surface area contributed by atoms with Crippen molar-refractivity contribution in [3.63, 3.8) is 0 Å². The van der Waals surface area contributed by atoms with Crippen LogP contribution in [-0.4, -0.2) is 36.9 Å². The molecule has 1 aliphatic rings. The van der Waals surface area contributed by atoms with Crippen molar-refractivity contribution in [2.24, 2.45) is 17.6 Å².